The standard InChI is InChI=1S/C12H16FNO/c13-11-6-2-1-5-10(11)12(9-15)14-7-3-4-8-14/h1-2,5-6,12,15H,3-4,7-9H2/t12-/m0/s1. The lowest BCUT2D eigenvalue weighted by Crippen LogP contribution is -2.28. The number of aliphatic hydroxyl groups is 1. The van der Waals surface area contributed by atoms with Crippen molar-refractivity contribution in [1.82, 2.24) is 4.90 Å². The third kappa shape index (κ3) is 2.19. The van der Waals surface area contributed by atoms with E-state index in [-0.39, 0.29) is 18.5 Å². The van der Waals surface area contributed by atoms with Gasteiger partial charge < -0.3 is 5.11 Å². The van der Waals surface area contributed by atoms with Gasteiger partial charge in [0, 0.05) is 5.56 Å². The maximum Gasteiger partial charge on any atom is 0.128 e. The Morgan fingerprint density at radius 3 is 2.53 bits per heavy atom. The Morgan fingerprint density at radius 2 is 1.93 bits per heavy atom. The minimum absolute atomic E-state index is 0.0130. The number of benzene rings is 1. The smallest absolute Gasteiger partial charge is 0.128 e. The SMILES string of the molecule is OC[C@@H](c1ccccc1F)N1CCCC1. The highest BCUT2D eigenvalue weighted by atomic mass is 19.1. The lowest BCUT2D eigenvalue weighted by molar-refractivity contribution is 0.144. The molecule has 1 heterocycles. The number of hydrogen-bond acceptors (Lipinski definition) is 2. The highest BCUT2D eigenvalue weighted by molar-refractivity contribution is 5.21. The van der Waals surface area contributed by atoms with Crippen LogP contribution in [-0.4, -0.2) is 29.7 Å². The number of aliphatic hydroxyl groups excluding tert-OH is 1. The van der Waals surface area contributed by atoms with Gasteiger partial charge in [0.15, 0.2) is 0 Å². The Kier molecular flexibility index (Phi) is 3.34. The lowest BCUT2D eigenvalue weighted by atomic mass is 10.1. The van der Waals surface area contributed by atoms with Crippen LogP contribution in [0.2, 0.25) is 0 Å². The maximum atomic E-state index is 13.5. The van der Waals surface area contributed by atoms with E-state index in [1.54, 1.807) is 12.1 Å². The minimum atomic E-state index is -0.219. The van der Waals surface area contributed by atoms with E-state index in [4.69, 9.17) is 0 Å². The van der Waals surface area contributed by atoms with Crippen molar-refractivity contribution in [3.8, 4) is 0 Å². The number of nitrogens with zero attached hydrogens (tertiary/aromatic N) is 1. The van der Waals surface area contributed by atoms with Crippen LogP contribution in [0.4, 0.5) is 4.39 Å². The van der Waals surface area contributed by atoms with E-state index in [0.717, 1.165) is 25.9 Å². The molecule has 0 bridgehead atoms. The predicted octanol–water partition coefficient (Wildman–Crippen LogP) is 1.95. The summed E-state index contributed by atoms with van der Waals surface area (Å²) < 4.78 is 13.5. The van der Waals surface area contributed by atoms with Crippen molar-refractivity contribution in [2.45, 2.75) is 18.9 Å². The Morgan fingerprint density at radius 1 is 1.27 bits per heavy atom. The molecule has 0 unspecified atom stereocenters. The van der Waals surface area contributed by atoms with E-state index in [1.807, 2.05) is 6.07 Å². The Hall–Kier alpha value is -0.930. The summed E-state index contributed by atoms with van der Waals surface area (Å²) in [6.07, 6.45) is 2.29. The summed E-state index contributed by atoms with van der Waals surface area (Å²) in [5.41, 5.74) is 0.613. The third-order valence-electron chi connectivity index (χ3n) is 3.02. The molecule has 3 heteroatoms. The summed E-state index contributed by atoms with van der Waals surface area (Å²) >= 11 is 0. The molecule has 15 heavy (non-hydrogen) atoms. The Bertz CT molecular complexity index is 323. The molecular weight excluding hydrogens is 193 g/mol. The van der Waals surface area contributed by atoms with Crippen LogP contribution in [0, 0.1) is 5.82 Å². The van der Waals surface area contributed by atoms with E-state index in [9.17, 15) is 9.50 Å². The topological polar surface area (TPSA) is 23.5 Å². The quantitative estimate of drug-likeness (QED) is 0.822. The molecule has 1 aliphatic heterocycles. The summed E-state index contributed by atoms with van der Waals surface area (Å²) in [5, 5.41) is 9.36. The van der Waals surface area contributed by atoms with Crippen LogP contribution in [0.25, 0.3) is 0 Å². The average molecular weight is 209 g/mol. The van der Waals surface area contributed by atoms with E-state index in [0.29, 0.717) is 5.56 Å². The molecule has 1 atom stereocenters. The van der Waals surface area contributed by atoms with Gasteiger partial charge in [-0.2, -0.15) is 0 Å². The molecule has 2 rings (SSSR count). The molecule has 82 valence electrons. The number of hydrogen-bond donors (Lipinski definition) is 1. The fourth-order valence-corrected chi connectivity index (χ4v) is 2.21. The predicted molar refractivity (Wildman–Crippen MR) is 57.0 cm³/mol. The van der Waals surface area contributed by atoms with Gasteiger partial charge in [0.1, 0.15) is 5.82 Å². The van der Waals surface area contributed by atoms with Gasteiger partial charge in [0.2, 0.25) is 0 Å². The van der Waals surface area contributed by atoms with Crippen LogP contribution in [0.5, 0.6) is 0 Å². The van der Waals surface area contributed by atoms with Crippen LogP contribution in [-0.2, 0) is 0 Å². The summed E-state index contributed by atoms with van der Waals surface area (Å²) in [4.78, 5) is 2.15. The normalized spacial score (nSPS) is 19.3. The molecule has 0 saturated carbocycles. The van der Waals surface area contributed by atoms with Gasteiger partial charge in [-0.25, -0.2) is 4.39 Å². The maximum absolute atomic E-state index is 13.5. The molecule has 0 radical (unpaired) electrons. The van der Waals surface area contributed by atoms with E-state index in [1.165, 1.54) is 6.07 Å². The molecule has 1 fully saturated rings. The first kappa shape index (κ1) is 10.6. The van der Waals surface area contributed by atoms with Crippen LogP contribution in [0.3, 0.4) is 0 Å². The number of halogens is 1. The zero-order valence-corrected chi connectivity index (χ0v) is 8.69. The summed E-state index contributed by atoms with van der Waals surface area (Å²) in [5.74, 6) is -0.219. The molecule has 0 amide bonds. The van der Waals surface area contributed by atoms with Crippen LogP contribution in [0.15, 0.2) is 24.3 Å². The van der Waals surface area contributed by atoms with Gasteiger partial charge in [-0.1, -0.05) is 18.2 Å². The molecule has 1 N–H and O–H groups in total. The molecular formula is C12H16FNO. The van der Waals surface area contributed by atoms with Crippen molar-refractivity contribution in [3.63, 3.8) is 0 Å². The van der Waals surface area contributed by atoms with Gasteiger partial charge in [0.05, 0.1) is 12.6 Å². The van der Waals surface area contributed by atoms with Crippen molar-refractivity contribution in [3.05, 3.63) is 35.6 Å². The molecule has 1 aromatic carbocycles. The van der Waals surface area contributed by atoms with Crippen molar-refractivity contribution in [2.24, 2.45) is 0 Å². The summed E-state index contributed by atoms with van der Waals surface area (Å²) in [7, 11) is 0. The largest absolute Gasteiger partial charge is 0.394 e. The first-order chi connectivity index (χ1) is 7.33. The van der Waals surface area contributed by atoms with Gasteiger partial charge in [-0.15, -0.1) is 0 Å². The van der Waals surface area contributed by atoms with E-state index >= 15 is 0 Å². The van der Waals surface area contributed by atoms with Gasteiger partial charge in [0.25, 0.3) is 0 Å². The second kappa shape index (κ2) is 4.73. The molecule has 2 nitrogen and oxygen atoms in total. The Labute approximate surface area is 89.3 Å². The van der Waals surface area contributed by atoms with Gasteiger partial charge >= 0.3 is 0 Å². The number of rotatable bonds is 3. The van der Waals surface area contributed by atoms with Crippen molar-refractivity contribution < 1.29 is 9.50 Å². The van der Waals surface area contributed by atoms with Crippen LogP contribution in [0.1, 0.15) is 24.4 Å². The monoisotopic (exact) mass is 209 g/mol. The first-order valence-corrected chi connectivity index (χ1v) is 5.42. The second-order valence-electron chi connectivity index (χ2n) is 3.96. The van der Waals surface area contributed by atoms with Crippen molar-refractivity contribution in [2.75, 3.05) is 19.7 Å². The van der Waals surface area contributed by atoms with Crippen molar-refractivity contribution >= 4 is 0 Å². The van der Waals surface area contributed by atoms with Gasteiger partial charge in [-0.05, 0) is 32.0 Å². The third-order valence-corrected chi connectivity index (χ3v) is 3.02. The zero-order chi connectivity index (χ0) is 10.7. The van der Waals surface area contributed by atoms with Crippen LogP contribution >= 0.6 is 0 Å². The van der Waals surface area contributed by atoms with E-state index in [2.05, 4.69) is 4.90 Å². The van der Waals surface area contributed by atoms with Gasteiger partial charge in [-0.3, -0.25) is 4.90 Å². The highest BCUT2D eigenvalue weighted by Gasteiger charge is 2.24. The molecule has 0 aromatic heterocycles. The molecule has 1 aromatic rings. The molecule has 0 spiro atoms. The lowest BCUT2D eigenvalue weighted by Gasteiger charge is -2.26. The first-order valence-electron chi connectivity index (χ1n) is 5.42. The molecule has 1 saturated heterocycles. The minimum Gasteiger partial charge on any atom is -0.394 e. The fourth-order valence-electron chi connectivity index (χ4n) is 2.21. The van der Waals surface area contributed by atoms with Crippen molar-refractivity contribution in [1.29, 1.82) is 0 Å². The zero-order valence-electron chi connectivity index (χ0n) is 8.69. The van der Waals surface area contributed by atoms with Crippen LogP contribution < -0.4 is 0 Å². The summed E-state index contributed by atoms with van der Waals surface area (Å²) in [6.45, 7) is 1.90. The molecule has 0 aliphatic carbocycles. The fraction of sp³-hybridized carbons (Fsp3) is 0.500. The second-order valence-corrected chi connectivity index (χ2v) is 3.96. The molecule has 1 aliphatic rings. The average Bonchev–Trinajstić information content (AvgIpc) is 2.75. The van der Waals surface area contributed by atoms with E-state index < -0.39 is 0 Å². The Balaban J connectivity index is 2.22. The summed E-state index contributed by atoms with van der Waals surface area (Å²) in [6, 6.07) is 6.53. The number of likely N-dealkylation sites (tertiary alicyclic amines) is 1. The highest BCUT2D eigenvalue weighted by Crippen LogP contribution is 2.26.